The first-order chi connectivity index (χ1) is 7.06. The van der Waals surface area contributed by atoms with Crippen molar-refractivity contribution in [2.45, 2.75) is 18.6 Å². The van der Waals surface area contributed by atoms with Gasteiger partial charge in [0.15, 0.2) is 0 Å². The van der Waals surface area contributed by atoms with Crippen LogP contribution >= 0.6 is 11.6 Å². The molecule has 0 aliphatic carbocycles. The monoisotopic (exact) mass is 226 g/mol. The normalized spacial score (nSPS) is 14.3. The van der Waals surface area contributed by atoms with Gasteiger partial charge >= 0.3 is 0 Å². The molecule has 0 radical (unpaired) electrons. The Kier molecular flexibility index (Phi) is 3.92. The predicted molar refractivity (Wildman–Crippen MR) is 57.1 cm³/mol. The molecule has 0 heterocycles. The molecule has 0 aliphatic heterocycles. The highest BCUT2D eigenvalue weighted by Crippen LogP contribution is 2.28. The summed E-state index contributed by atoms with van der Waals surface area (Å²) in [7, 11) is 0. The molecule has 4 nitrogen and oxygen atoms in total. The maximum absolute atomic E-state index is 9.68. The van der Waals surface area contributed by atoms with Crippen molar-refractivity contribution in [1.29, 1.82) is 5.26 Å². The number of nitrogens with zero attached hydrogens (tertiary/aromatic N) is 1. The van der Waals surface area contributed by atoms with Crippen molar-refractivity contribution in [2.75, 3.05) is 5.73 Å². The summed E-state index contributed by atoms with van der Waals surface area (Å²) in [6.45, 7) is 0. The number of aliphatic hydroxyl groups is 2. The number of benzene rings is 1. The number of nitrogen functional groups attached to an aromatic ring is 1. The third-order valence-corrected chi connectivity index (χ3v) is 2.35. The Morgan fingerprint density at radius 2 is 2.13 bits per heavy atom. The van der Waals surface area contributed by atoms with Gasteiger partial charge in [-0.25, -0.2) is 0 Å². The van der Waals surface area contributed by atoms with Crippen LogP contribution in [-0.4, -0.2) is 16.3 Å². The van der Waals surface area contributed by atoms with E-state index in [1.54, 1.807) is 12.1 Å². The first kappa shape index (κ1) is 11.8. The van der Waals surface area contributed by atoms with Crippen molar-refractivity contribution in [2.24, 2.45) is 0 Å². The first-order valence-corrected chi connectivity index (χ1v) is 4.72. The topological polar surface area (TPSA) is 90.3 Å². The Morgan fingerprint density at radius 3 is 2.73 bits per heavy atom. The fourth-order valence-electron chi connectivity index (χ4n) is 1.20. The molecule has 0 spiro atoms. The molecule has 1 aromatic rings. The largest absolute Gasteiger partial charge is 0.399 e. The molecule has 2 unspecified atom stereocenters. The van der Waals surface area contributed by atoms with Crippen LogP contribution in [0, 0.1) is 11.3 Å². The van der Waals surface area contributed by atoms with Gasteiger partial charge in [-0.15, -0.1) is 0 Å². The van der Waals surface area contributed by atoms with Gasteiger partial charge < -0.3 is 15.9 Å². The first-order valence-electron chi connectivity index (χ1n) is 4.34. The number of anilines is 1. The van der Waals surface area contributed by atoms with Gasteiger partial charge in [0, 0.05) is 16.3 Å². The molecule has 0 bridgehead atoms. The Morgan fingerprint density at radius 1 is 1.47 bits per heavy atom. The zero-order chi connectivity index (χ0) is 11.4. The maximum atomic E-state index is 9.68. The third kappa shape index (κ3) is 2.83. The lowest BCUT2D eigenvalue weighted by Gasteiger charge is -2.17. The SMILES string of the molecule is N#CCC(O)C(O)c1cc(N)ccc1Cl. The average molecular weight is 227 g/mol. The lowest BCUT2D eigenvalue weighted by Crippen LogP contribution is -2.18. The van der Waals surface area contributed by atoms with E-state index in [-0.39, 0.29) is 6.42 Å². The van der Waals surface area contributed by atoms with E-state index >= 15 is 0 Å². The minimum absolute atomic E-state index is 0.160. The Bertz CT molecular complexity index is 389. The molecule has 0 aromatic heterocycles. The van der Waals surface area contributed by atoms with Crippen LogP contribution in [-0.2, 0) is 0 Å². The van der Waals surface area contributed by atoms with Crippen molar-refractivity contribution >= 4 is 17.3 Å². The molecular formula is C10H11ClN2O2. The van der Waals surface area contributed by atoms with Gasteiger partial charge in [-0.05, 0) is 18.2 Å². The highest BCUT2D eigenvalue weighted by Gasteiger charge is 2.20. The van der Waals surface area contributed by atoms with Crippen LogP contribution in [0.15, 0.2) is 18.2 Å². The predicted octanol–water partition coefficient (Wildman–Crippen LogP) is 1.23. The summed E-state index contributed by atoms with van der Waals surface area (Å²) in [6.07, 6.45) is -2.51. The van der Waals surface area contributed by atoms with E-state index in [9.17, 15) is 10.2 Å². The van der Waals surface area contributed by atoms with Gasteiger partial charge in [-0.3, -0.25) is 0 Å². The van der Waals surface area contributed by atoms with Gasteiger partial charge in [-0.2, -0.15) is 5.26 Å². The number of halogens is 1. The van der Waals surface area contributed by atoms with Gasteiger partial charge in [-0.1, -0.05) is 11.6 Å². The van der Waals surface area contributed by atoms with Crippen molar-refractivity contribution < 1.29 is 10.2 Å². The second-order valence-electron chi connectivity index (χ2n) is 3.16. The lowest BCUT2D eigenvalue weighted by molar-refractivity contribution is 0.0217. The third-order valence-electron chi connectivity index (χ3n) is 2.00. The number of nitriles is 1. The van der Waals surface area contributed by atoms with E-state index in [0.29, 0.717) is 16.3 Å². The fraction of sp³-hybridized carbons (Fsp3) is 0.300. The summed E-state index contributed by atoms with van der Waals surface area (Å²) in [5, 5.41) is 27.8. The van der Waals surface area contributed by atoms with Gasteiger partial charge in [0.25, 0.3) is 0 Å². The number of rotatable bonds is 3. The van der Waals surface area contributed by atoms with Crippen LogP contribution in [0.1, 0.15) is 18.1 Å². The number of hydrogen-bond donors (Lipinski definition) is 3. The van der Waals surface area contributed by atoms with Crippen LogP contribution in [0.5, 0.6) is 0 Å². The van der Waals surface area contributed by atoms with E-state index in [0.717, 1.165) is 0 Å². The number of nitrogens with two attached hydrogens (primary N) is 1. The van der Waals surface area contributed by atoms with E-state index in [2.05, 4.69) is 0 Å². The molecule has 80 valence electrons. The zero-order valence-corrected chi connectivity index (χ0v) is 8.65. The molecule has 5 heteroatoms. The summed E-state index contributed by atoms with van der Waals surface area (Å²) in [6, 6.07) is 6.38. The van der Waals surface area contributed by atoms with Crippen molar-refractivity contribution in [3.63, 3.8) is 0 Å². The minimum Gasteiger partial charge on any atom is -0.399 e. The summed E-state index contributed by atoms with van der Waals surface area (Å²) in [5.74, 6) is 0. The summed E-state index contributed by atoms with van der Waals surface area (Å²) in [5.41, 5.74) is 6.30. The van der Waals surface area contributed by atoms with E-state index in [1.165, 1.54) is 12.1 Å². The summed E-state index contributed by atoms with van der Waals surface area (Å²) >= 11 is 5.83. The second kappa shape index (κ2) is 4.99. The van der Waals surface area contributed by atoms with Gasteiger partial charge in [0.1, 0.15) is 6.10 Å². The second-order valence-corrected chi connectivity index (χ2v) is 3.56. The average Bonchev–Trinajstić information content (AvgIpc) is 2.21. The Balaban J connectivity index is 2.95. The molecular weight excluding hydrogens is 216 g/mol. The van der Waals surface area contributed by atoms with Crippen LogP contribution in [0.25, 0.3) is 0 Å². The van der Waals surface area contributed by atoms with E-state index in [1.807, 2.05) is 0 Å². The van der Waals surface area contributed by atoms with Gasteiger partial charge in [0.05, 0.1) is 18.6 Å². The van der Waals surface area contributed by atoms with Gasteiger partial charge in [0.2, 0.25) is 0 Å². The smallest absolute Gasteiger partial charge is 0.107 e. The highest BCUT2D eigenvalue weighted by atomic mass is 35.5. The molecule has 0 amide bonds. The van der Waals surface area contributed by atoms with Crippen molar-refractivity contribution in [1.82, 2.24) is 0 Å². The Labute approximate surface area is 92.5 Å². The molecule has 0 saturated carbocycles. The van der Waals surface area contributed by atoms with Crippen LogP contribution in [0.2, 0.25) is 5.02 Å². The number of hydrogen-bond acceptors (Lipinski definition) is 4. The number of aliphatic hydroxyl groups excluding tert-OH is 2. The minimum atomic E-state index is -1.19. The summed E-state index contributed by atoms with van der Waals surface area (Å²) < 4.78 is 0. The molecule has 0 saturated heterocycles. The quantitative estimate of drug-likeness (QED) is 0.676. The molecule has 4 N–H and O–H groups in total. The molecule has 2 atom stereocenters. The fourth-order valence-corrected chi connectivity index (χ4v) is 1.43. The van der Waals surface area contributed by atoms with Crippen molar-refractivity contribution in [3.8, 4) is 6.07 Å². The van der Waals surface area contributed by atoms with E-state index in [4.69, 9.17) is 22.6 Å². The van der Waals surface area contributed by atoms with Crippen LogP contribution in [0.3, 0.4) is 0 Å². The van der Waals surface area contributed by atoms with Crippen LogP contribution < -0.4 is 5.73 Å². The molecule has 0 aliphatic rings. The molecule has 15 heavy (non-hydrogen) atoms. The maximum Gasteiger partial charge on any atom is 0.107 e. The molecule has 1 aromatic carbocycles. The van der Waals surface area contributed by atoms with E-state index < -0.39 is 12.2 Å². The highest BCUT2D eigenvalue weighted by molar-refractivity contribution is 6.31. The molecule has 0 fully saturated rings. The summed E-state index contributed by atoms with van der Waals surface area (Å²) in [4.78, 5) is 0. The standard InChI is InChI=1S/C10H11ClN2O2/c11-8-2-1-6(13)5-7(8)10(15)9(14)3-4-12/h1-2,5,9-10,14-15H,3,13H2. The Hall–Kier alpha value is -1.28. The molecule has 1 rings (SSSR count). The van der Waals surface area contributed by atoms with Crippen molar-refractivity contribution in [3.05, 3.63) is 28.8 Å². The zero-order valence-electron chi connectivity index (χ0n) is 7.89. The lowest BCUT2D eigenvalue weighted by atomic mass is 10.0. The van der Waals surface area contributed by atoms with Crippen LogP contribution in [0.4, 0.5) is 5.69 Å².